The van der Waals surface area contributed by atoms with Crippen molar-refractivity contribution in [3.63, 3.8) is 0 Å². The first-order valence-corrected chi connectivity index (χ1v) is 3.76. The normalized spacial score (nSPS) is 10.2. The third kappa shape index (κ3) is 5.35. The minimum Gasteiger partial charge on any atom is -0.371 e. The Morgan fingerprint density at radius 1 is 1.60 bits per heavy atom. The van der Waals surface area contributed by atoms with Crippen molar-refractivity contribution in [2.75, 3.05) is 6.54 Å². The van der Waals surface area contributed by atoms with Crippen LogP contribution in [0.1, 0.15) is 26.7 Å². The third-order valence-electron chi connectivity index (χ3n) is 1.01. The van der Waals surface area contributed by atoms with Crippen molar-refractivity contribution in [1.29, 1.82) is 0 Å². The van der Waals surface area contributed by atoms with Crippen molar-refractivity contribution >= 4 is 6.21 Å². The number of hydrogen-bond acceptors (Lipinski definition) is 2. The highest BCUT2D eigenvalue weighted by molar-refractivity contribution is 5.57. The van der Waals surface area contributed by atoms with E-state index in [1.54, 1.807) is 0 Å². The molecular weight excluding hydrogens is 124 g/mol. The van der Waals surface area contributed by atoms with Gasteiger partial charge in [-0.15, -0.1) is 0 Å². The summed E-state index contributed by atoms with van der Waals surface area (Å²) >= 11 is 0. The van der Waals surface area contributed by atoms with E-state index in [1.807, 2.05) is 6.21 Å². The number of nitrogens with one attached hydrogen (secondary N) is 1. The van der Waals surface area contributed by atoms with Gasteiger partial charge in [-0.3, -0.25) is 0 Å². The molecule has 0 aliphatic carbocycles. The van der Waals surface area contributed by atoms with Crippen molar-refractivity contribution in [3.05, 3.63) is 12.4 Å². The lowest BCUT2D eigenvalue weighted by Gasteiger charge is -2.00. The van der Waals surface area contributed by atoms with Crippen molar-refractivity contribution < 1.29 is 0 Å². The monoisotopic (exact) mass is 140 g/mol. The van der Waals surface area contributed by atoms with Crippen molar-refractivity contribution in [2.24, 2.45) is 4.99 Å². The summed E-state index contributed by atoms with van der Waals surface area (Å²) in [5, 5.41) is 3.07. The summed E-state index contributed by atoms with van der Waals surface area (Å²) in [5.74, 6) is 0.767. The molecule has 0 aliphatic heterocycles. The van der Waals surface area contributed by atoms with E-state index in [0.29, 0.717) is 0 Å². The second-order valence-corrected chi connectivity index (χ2v) is 2.09. The van der Waals surface area contributed by atoms with Gasteiger partial charge >= 0.3 is 0 Å². The summed E-state index contributed by atoms with van der Waals surface area (Å²) in [6.07, 6.45) is 3.93. The number of nitrogens with zero attached hydrogens (tertiary/aromatic N) is 1. The molecule has 58 valence electrons. The predicted octanol–water partition coefficient (Wildman–Crippen LogP) is 1.94. The average molecular weight is 140 g/mol. The maximum absolute atomic E-state index is 4.05. The van der Waals surface area contributed by atoms with Crippen LogP contribution in [0.15, 0.2) is 17.4 Å². The Kier molecular flexibility index (Phi) is 5.83. The van der Waals surface area contributed by atoms with E-state index in [0.717, 1.165) is 25.2 Å². The van der Waals surface area contributed by atoms with Gasteiger partial charge in [0.2, 0.25) is 0 Å². The molecule has 0 fully saturated rings. The van der Waals surface area contributed by atoms with Gasteiger partial charge in [0.05, 0.1) is 0 Å². The minimum atomic E-state index is 0.767. The largest absolute Gasteiger partial charge is 0.371 e. The molecule has 0 radical (unpaired) electrons. The fourth-order valence-electron chi connectivity index (χ4n) is 0.516. The van der Waals surface area contributed by atoms with Gasteiger partial charge in [0.25, 0.3) is 0 Å². The molecule has 0 saturated heterocycles. The van der Waals surface area contributed by atoms with Gasteiger partial charge in [0, 0.05) is 12.8 Å². The summed E-state index contributed by atoms with van der Waals surface area (Å²) < 4.78 is 0. The topological polar surface area (TPSA) is 24.4 Å². The van der Waals surface area contributed by atoms with Crippen LogP contribution in [-0.2, 0) is 0 Å². The summed E-state index contributed by atoms with van der Waals surface area (Å²) in [7, 11) is 0. The molecule has 0 aliphatic rings. The van der Waals surface area contributed by atoms with Crippen LogP contribution in [0.25, 0.3) is 0 Å². The second-order valence-electron chi connectivity index (χ2n) is 2.09. The second kappa shape index (κ2) is 6.33. The van der Waals surface area contributed by atoms with Gasteiger partial charge in [-0.1, -0.05) is 20.4 Å². The van der Waals surface area contributed by atoms with Crippen LogP contribution < -0.4 is 5.32 Å². The van der Waals surface area contributed by atoms with E-state index < -0.39 is 0 Å². The van der Waals surface area contributed by atoms with Crippen LogP contribution in [0.3, 0.4) is 0 Å². The highest BCUT2D eigenvalue weighted by Gasteiger charge is 1.83. The summed E-state index contributed by atoms with van der Waals surface area (Å²) in [4.78, 5) is 4.05. The first-order chi connectivity index (χ1) is 4.81. The molecular formula is C8H16N2. The Balaban J connectivity index is 3.34. The van der Waals surface area contributed by atoms with Crippen molar-refractivity contribution in [3.8, 4) is 0 Å². The molecule has 1 N–H and O–H groups in total. The van der Waals surface area contributed by atoms with E-state index in [4.69, 9.17) is 0 Å². The maximum atomic E-state index is 4.05. The highest BCUT2D eigenvalue weighted by Crippen LogP contribution is 1.85. The van der Waals surface area contributed by atoms with Crippen molar-refractivity contribution in [2.45, 2.75) is 26.7 Å². The minimum absolute atomic E-state index is 0.767. The first-order valence-electron chi connectivity index (χ1n) is 3.76. The van der Waals surface area contributed by atoms with Crippen LogP contribution in [0.4, 0.5) is 0 Å². The van der Waals surface area contributed by atoms with Gasteiger partial charge in [-0.2, -0.15) is 0 Å². The summed E-state index contributed by atoms with van der Waals surface area (Å²) in [6.45, 7) is 8.85. The molecule has 0 saturated carbocycles. The lowest BCUT2D eigenvalue weighted by molar-refractivity contribution is 0.765. The molecule has 0 bridgehead atoms. The fraction of sp³-hybridized carbons (Fsp3) is 0.625. The van der Waals surface area contributed by atoms with E-state index in [-0.39, 0.29) is 0 Å². The SMILES string of the molecule is C=C(N=CCC)NCCC. The zero-order valence-electron chi connectivity index (χ0n) is 6.85. The highest BCUT2D eigenvalue weighted by atomic mass is 15.0. The quantitative estimate of drug-likeness (QED) is 0.580. The molecule has 2 nitrogen and oxygen atoms in total. The molecule has 0 aromatic rings. The molecule has 0 rings (SSSR count). The van der Waals surface area contributed by atoms with E-state index in [1.165, 1.54) is 0 Å². The molecule has 0 aromatic carbocycles. The van der Waals surface area contributed by atoms with Crippen LogP contribution in [0, 0.1) is 0 Å². The molecule has 0 spiro atoms. The zero-order valence-corrected chi connectivity index (χ0v) is 6.85. The van der Waals surface area contributed by atoms with Crippen molar-refractivity contribution in [1.82, 2.24) is 5.32 Å². The first kappa shape index (κ1) is 9.21. The summed E-state index contributed by atoms with van der Waals surface area (Å²) in [6, 6.07) is 0. The molecule has 0 heterocycles. The van der Waals surface area contributed by atoms with Gasteiger partial charge in [0.15, 0.2) is 0 Å². The molecule has 2 heteroatoms. The van der Waals surface area contributed by atoms with Crippen LogP contribution >= 0.6 is 0 Å². The predicted molar refractivity (Wildman–Crippen MR) is 46.2 cm³/mol. The lowest BCUT2D eigenvalue weighted by atomic mass is 10.5. The third-order valence-corrected chi connectivity index (χ3v) is 1.01. The molecule has 10 heavy (non-hydrogen) atoms. The smallest absolute Gasteiger partial charge is 0.118 e. The number of rotatable bonds is 5. The van der Waals surface area contributed by atoms with E-state index in [2.05, 4.69) is 30.7 Å². The van der Waals surface area contributed by atoms with Gasteiger partial charge in [-0.25, -0.2) is 4.99 Å². The Bertz CT molecular complexity index is 116. The summed E-state index contributed by atoms with van der Waals surface area (Å²) in [5.41, 5.74) is 0. The van der Waals surface area contributed by atoms with Crippen LogP contribution in [-0.4, -0.2) is 12.8 Å². The number of hydrogen-bond donors (Lipinski definition) is 1. The Hall–Kier alpha value is -0.790. The molecule has 0 unspecified atom stereocenters. The van der Waals surface area contributed by atoms with E-state index in [9.17, 15) is 0 Å². The Morgan fingerprint density at radius 3 is 2.80 bits per heavy atom. The molecule has 0 amide bonds. The standard InChI is InChI=1S/C8H16N2/c1-4-6-9-8(3)10-7-5-2/h6,10H,3-5,7H2,1-2H3. The zero-order chi connectivity index (χ0) is 7.82. The Morgan fingerprint density at radius 2 is 2.30 bits per heavy atom. The van der Waals surface area contributed by atoms with Crippen LogP contribution in [0.5, 0.6) is 0 Å². The van der Waals surface area contributed by atoms with Gasteiger partial charge < -0.3 is 5.32 Å². The number of aliphatic imine (C=N–C) groups is 1. The Labute approximate surface area is 63.0 Å². The fourth-order valence-corrected chi connectivity index (χ4v) is 0.516. The van der Waals surface area contributed by atoms with Gasteiger partial charge in [0.1, 0.15) is 5.82 Å². The lowest BCUT2D eigenvalue weighted by Crippen LogP contribution is -2.11. The van der Waals surface area contributed by atoms with E-state index >= 15 is 0 Å². The van der Waals surface area contributed by atoms with Gasteiger partial charge in [-0.05, 0) is 12.8 Å². The maximum Gasteiger partial charge on any atom is 0.118 e. The molecule has 0 aromatic heterocycles. The van der Waals surface area contributed by atoms with Crippen LogP contribution in [0.2, 0.25) is 0 Å². The average Bonchev–Trinajstić information content (AvgIpc) is 1.97. The molecule has 0 atom stereocenters.